The molecule has 1 rings (SSSR count). The van der Waals surface area contributed by atoms with Gasteiger partial charge in [0.1, 0.15) is 5.75 Å². The fourth-order valence-electron chi connectivity index (χ4n) is 1.82. The lowest BCUT2D eigenvalue weighted by Gasteiger charge is -2.26. The minimum absolute atomic E-state index is 0.159. The number of carbonyl (C=O) groups is 1. The summed E-state index contributed by atoms with van der Waals surface area (Å²) >= 11 is 3.40. The molecular weight excluding hydrogens is 306 g/mol. The van der Waals surface area contributed by atoms with E-state index >= 15 is 0 Å². The first-order valence-electron chi connectivity index (χ1n) is 6.68. The van der Waals surface area contributed by atoms with Crippen LogP contribution >= 0.6 is 15.9 Å². The second-order valence-electron chi connectivity index (χ2n) is 4.63. The third kappa shape index (κ3) is 6.10. The fourth-order valence-corrected chi connectivity index (χ4v) is 2.07. The molecule has 0 aliphatic rings. The number of halogens is 1. The smallest absolute Gasteiger partial charge is 0.226 e. The SMILES string of the molecule is CC(C)N(CCCBr)C(=O)CCOc1ccccc1. The van der Waals surface area contributed by atoms with Crippen molar-refractivity contribution in [1.29, 1.82) is 0 Å². The molecule has 0 bridgehead atoms. The molecule has 0 aromatic heterocycles. The molecule has 0 unspecified atom stereocenters. The number of benzene rings is 1. The number of alkyl halides is 1. The summed E-state index contributed by atoms with van der Waals surface area (Å²) in [6.45, 7) is 5.32. The number of hydrogen-bond donors (Lipinski definition) is 0. The molecule has 0 radical (unpaired) electrons. The van der Waals surface area contributed by atoms with E-state index in [1.165, 1.54) is 0 Å². The van der Waals surface area contributed by atoms with Gasteiger partial charge in [0.2, 0.25) is 5.91 Å². The standard InChI is InChI=1S/C15H22BrNO2/c1-13(2)17(11-6-10-16)15(18)9-12-19-14-7-4-3-5-8-14/h3-5,7-8,13H,6,9-12H2,1-2H3. The van der Waals surface area contributed by atoms with E-state index in [9.17, 15) is 4.79 Å². The van der Waals surface area contributed by atoms with Crippen molar-refractivity contribution in [1.82, 2.24) is 4.90 Å². The van der Waals surface area contributed by atoms with Gasteiger partial charge in [-0.3, -0.25) is 4.79 Å². The predicted octanol–water partition coefficient (Wildman–Crippen LogP) is 3.48. The monoisotopic (exact) mass is 327 g/mol. The number of rotatable bonds is 8. The highest BCUT2D eigenvalue weighted by Gasteiger charge is 2.15. The molecule has 0 N–H and O–H groups in total. The first-order chi connectivity index (χ1) is 9.15. The minimum atomic E-state index is 0.159. The molecule has 19 heavy (non-hydrogen) atoms. The lowest BCUT2D eigenvalue weighted by molar-refractivity contribution is -0.133. The second-order valence-corrected chi connectivity index (χ2v) is 5.43. The number of carbonyl (C=O) groups excluding carboxylic acids is 1. The van der Waals surface area contributed by atoms with Crippen LogP contribution in [0, 0.1) is 0 Å². The largest absolute Gasteiger partial charge is 0.493 e. The predicted molar refractivity (Wildman–Crippen MR) is 81.8 cm³/mol. The summed E-state index contributed by atoms with van der Waals surface area (Å²) in [5.41, 5.74) is 0. The summed E-state index contributed by atoms with van der Waals surface area (Å²) in [5.74, 6) is 0.971. The Kier molecular flexibility index (Phi) is 7.56. The van der Waals surface area contributed by atoms with Gasteiger partial charge in [0.15, 0.2) is 0 Å². The Labute approximate surface area is 124 Å². The molecule has 4 heteroatoms. The number of nitrogens with zero attached hydrogens (tertiary/aromatic N) is 1. The van der Waals surface area contributed by atoms with Crippen LogP contribution < -0.4 is 4.74 Å². The Morgan fingerprint density at radius 1 is 1.32 bits per heavy atom. The third-order valence-electron chi connectivity index (χ3n) is 2.80. The minimum Gasteiger partial charge on any atom is -0.493 e. The van der Waals surface area contributed by atoms with Crippen LogP contribution in [0.1, 0.15) is 26.7 Å². The molecule has 0 spiro atoms. The average molecular weight is 328 g/mol. The number of hydrogen-bond acceptors (Lipinski definition) is 2. The van der Waals surface area contributed by atoms with Crippen LogP contribution in [-0.2, 0) is 4.79 Å². The Balaban J connectivity index is 2.35. The van der Waals surface area contributed by atoms with E-state index in [-0.39, 0.29) is 11.9 Å². The molecular formula is C15H22BrNO2. The number of ether oxygens (including phenoxy) is 1. The van der Waals surface area contributed by atoms with Gasteiger partial charge in [0.25, 0.3) is 0 Å². The van der Waals surface area contributed by atoms with E-state index in [4.69, 9.17) is 4.74 Å². The molecule has 1 aromatic carbocycles. The molecule has 0 aliphatic heterocycles. The van der Waals surface area contributed by atoms with Gasteiger partial charge in [-0.25, -0.2) is 0 Å². The van der Waals surface area contributed by atoms with Gasteiger partial charge >= 0.3 is 0 Å². The normalized spacial score (nSPS) is 10.5. The van der Waals surface area contributed by atoms with Crippen molar-refractivity contribution in [2.45, 2.75) is 32.7 Å². The molecule has 106 valence electrons. The highest BCUT2D eigenvalue weighted by molar-refractivity contribution is 9.09. The molecule has 0 fully saturated rings. The maximum Gasteiger partial charge on any atom is 0.226 e. The van der Waals surface area contributed by atoms with Crippen LogP contribution in [0.4, 0.5) is 0 Å². The van der Waals surface area contributed by atoms with Gasteiger partial charge < -0.3 is 9.64 Å². The quantitative estimate of drug-likeness (QED) is 0.684. The zero-order chi connectivity index (χ0) is 14.1. The summed E-state index contributed by atoms with van der Waals surface area (Å²) < 4.78 is 5.55. The van der Waals surface area contributed by atoms with Crippen LogP contribution in [-0.4, -0.2) is 35.3 Å². The summed E-state index contributed by atoms with van der Waals surface area (Å²) in [5, 5.41) is 0.921. The van der Waals surface area contributed by atoms with Gasteiger partial charge in [-0.15, -0.1) is 0 Å². The molecule has 0 saturated carbocycles. The van der Waals surface area contributed by atoms with Crippen LogP contribution in [0.2, 0.25) is 0 Å². The maximum atomic E-state index is 12.1. The summed E-state index contributed by atoms with van der Waals surface area (Å²) in [7, 11) is 0. The third-order valence-corrected chi connectivity index (χ3v) is 3.36. The fraction of sp³-hybridized carbons (Fsp3) is 0.533. The summed E-state index contributed by atoms with van der Waals surface area (Å²) in [6.07, 6.45) is 1.40. The topological polar surface area (TPSA) is 29.5 Å². The molecule has 0 aliphatic carbocycles. The molecule has 1 amide bonds. The molecule has 0 saturated heterocycles. The molecule has 3 nitrogen and oxygen atoms in total. The van der Waals surface area contributed by atoms with Crippen LogP contribution in [0.25, 0.3) is 0 Å². The number of para-hydroxylation sites is 1. The average Bonchev–Trinajstić information content (AvgIpc) is 2.40. The van der Waals surface area contributed by atoms with Gasteiger partial charge in [0, 0.05) is 17.9 Å². The van der Waals surface area contributed by atoms with Crippen molar-refractivity contribution >= 4 is 21.8 Å². The Hall–Kier alpha value is -1.03. The van der Waals surface area contributed by atoms with Crippen LogP contribution in [0.3, 0.4) is 0 Å². The van der Waals surface area contributed by atoms with E-state index in [0.717, 1.165) is 24.0 Å². The lowest BCUT2D eigenvalue weighted by atomic mass is 10.2. The Morgan fingerprint density at radius 3 is 2.58 bits per heavy atom. The van der Waals surface area contributed by atoms with Crippen molar-refractivity contribution in [3.63, 3.8) is 0 Å². The van der Waals surface area contributed by atoms with E-state index in [1.807, 2.05) is 49.1 Å². The van der Waals surface area contributed by atoms with Crippen molar-refractivity contribution in [2.24, 2.45) is 0 Å². The van der Waals surface area contributed by atoms with Crippen molar-refractivity contribution in [3.05, 3.63) is 30.3 Å². The van der Waals surface area contributed by atoms with E-state index < -0.39 is 0 Å². The van der Waals surface area contributed by atoms with Gasteiger partial charge in [-0.1, -0.05) is 34.1 Å². The van der Waals surface area contributed by atoms with Crippen molar-refractivity contribution < 1.29 is 9.53 Å². The zero-order valence-electron chi connectivity index (χ0n) is 11.6. The zero-order valence-corrected chi connectivity index (χ0v) is 13.2. The van der Waals surface area contributed by atoms with Gasteiger partial charge in [-0.2, -0.15) is 0 Å². The summed E-state index contributed by atoms with van der Waals surface area (Å²) in [4.78, 5) is 14.0. The van der Waals surface area contributed by atoms with Gasteiger partial charge in [0.05, 0.1) is 13.0 Å². The van der Waals surface area contributed by atoms with Crippen LogP contribution in [0.15, 0.2) is 30.3 Å². The maximum absolute atomic E-state index is 12.1. The first kappa shape index (κ1) is 16.0. The van der Waals surface area contributed by atoms with Crippen LogP contribution in [0.5, 0.6) is 5.75 Å². The summed E-state index contributed by atoms with van der Waals surface area (Å²) in [6, 6.07) is 9.83. The molecule has 0 atom stereocenters. The first-order valence-corrected chi connectivity index (χ1v) is 7.80. The number of amides is 1. The molecule has 0 heterocycles. The van der Waals surface area contributed by atoms with Crippen molar-refractivity contribution in [3.8, 4) is 5.75 Å². The van der Waals surface area contributed by atoms with E-state index in [1.54, 1.807) is 0 Å². The molecule has 1 aromatic rings. The van der Waals surface area contributed by atoms with E-state index in [2.05, 4.69) is 15.9 Å². The highest BCUT2D eigenvalue weighted by atomic mass is 79.9. The van der Waals surface area contributed by atoms with Gasteiger partial charge in [-0.05, 0) is 32.4 Å². The second kappa shape index (κ2) is 8.97. The van der Waals surface area contributed by atoms with Crippen molar-refractivity contribution in [2.75, 3.05) is 18.5 Å². The lowest BCUT2D eigenvalue weighted by Crippen LogP contribution is -2.38. The Bertz CT molecular complexity index is 368. The Morgan fingerprint density at radius 2 is 2.00 bits per heavy atom. The highest BCUT2D eigenvalue weighted by Crippen LogP contribution is 2.10. The van der Waals surface area contributed by atoms with E-state index in [0.29, 0.717) is 13.0 Å².